The molecule has 3 nitrogen and oxygen atoms in total. The first-order chi connectivity index (χ1) is 9.65. The van der Waals surface area contributed by atoms with Gasteiger partial charge < -0.3 is 5.32 Å². The third-order valence-corrected chi connectivity index (χ3v) is 4.87. The Morgan fingerprint density at radius 2 is 2.05 bits per heavy atom. The van der Waals surface area contributed by atoms with Crippen LogP contribution in [0, 0.1) is 13.8 Å². The Bertz CT molecular complexity index is 567. The average molecular weight is 306 g/mol. The van der Waals surface area contributed by atoms with Crippen molar-refractivity contribution in [3.63, 3.8) is 0 Å². The fourth-order valence-electron chi connectivity index (χ4n) is 1.78. The number of aromatic nitrogens is 1. The fraction of sp³-hybridized carbons (Fsp3) is 0.333. The van der Waals surface area contributed by atoms with Gasteiger partial charge in [0, 0.05) is 21.9 Å². The van der Waals surface area contributed by atoms with E-state index >= 15 is 0 Å². The predicted octanol–water partition coefficient (Wildman–Crippen LogP) is 3.56. The largest absolute Gasteiger partial charge is 0.351 e. The van der Waals surface area contributed by atoms with Gasteiger partial charge in [-0.05, 0) is 26.0 Å². The summed E-state index contributed by atoms with van der Waals surface area (Å²) in [5, 5.41) is 4.01. The third kappa shape index (κ3) is 4.65. The van der Waals surface area contributed by atoms with Gasteiger partial charge in [-0.2, -0.15) is 0 Å². The summed E-state index contributed by atoms with van der Waals surface area (Å²) in [5.41, 5.74) is 1.02. The molecule has 1 heterocycles. The third-order valence-electron chi connectivity index (χ3n) is 2.79. The molecule has 1 amide bonds. The van der Waals surface area contributed by atoms with Crippen LogP contribution in [0.1, 0.15) is 22.0 Å². The molecule has 0 unspecified atom stereocenters. The molecule has 0 bridgehead atoms. The summed E-state index contributed by atoms with van der Waals surface area (Å²) >= 11 is 3.35. The van der Waals surface area contributed by atoms with E-state index in [0.717, 1.165) is 21.3 Å². The molecule has 0 aliphatic rings. The maximum Gasteiger partial charge on any atom is 0.221 e. The number of thiazole rings is 1. The van der Waals surface area contributed by atoms with Crippen molar-refractivity contribution in [2.45, 2.75) is 31.7 Å². The minimum Gasteiger partial charge on any atom is -0.351 e. The Morgan fingerprint density at radius 3 is 2.70 bits per heavy atom. The molecule has 106 valence electrons. The second-order valence-corrected chi connectivity index (χ2v) is 6.89. The molecule has 1 aromatic carbocycles. The number of nitrogens with one attached hydrogen (secondary N) is 1. The van der Waals surface area contributed by atoms with E-state index in [1.54, 1.807) is 23.1 Å². The standard InChI is InChI=1S/C15H18N2OS2/c1-11-14(20-12(2)17-11)10-16-15(18)8-9-19-13-6-4-3-5-7-13/h3-7H,8-10H2,1-2H3,(H,16,18). The lowest BCUT2D eigenvalue weighted by atomic mass is 10.3. The second-order valence-electron chi connectivity index (χ2n) is 4.43. The molecule has 2 aromatic rings. The minimum atomic E-state index is 0.0962. The van der Waals surface area contributed by atoms with Gasteiger partial charge in [0.05, 0.1) is 17.2 Å². The van der Waals surface area contributed by atoms with Crippen LogP contribution in [0.2, 0.25) is 0 Å². The van der Waals surface area contributed by atoms with Crippen LogP contribution in [0.4, 0.5) is 0 Å². The number of aryl methyl sites for hydroxylation is 2. The number of benzene rings is 1. The van der Waals surface area contributed by atoms with Gasteiger partial charge in [0.2, 0.25) is 5.91 Å². The van der Waals surface area contributed by atoms with E-state index in [4.69, 9.17) is 0 Å². The quantitative estimate of drug-likeness (QED) is 0.830. The molecule has 1 aromatic heterocycles. The van der Waals surface area contributed by atoms with E-state index in [-0.39, 0.29) is 5.91 Å². The van der Waals surface area contributed by atoms with Crippen LogP contribution in [-0.2, 0) is 11.3 Å². The number of hydrogen-bond donors (Lipinski definition) is 1. The molecular formula is C15H18N2OS2. The van der Waals surface area contributed by atoms with Crippen molar-refractivity contribution in [1.29, 1.82) is 0 Å². The molecule has 0 aliphatic heterocycles. The lowest BCUT2D eigenvalue weighted by Gasteiger charge is -2.04. The zero-order valence-electron chi connectivity index (χ0n) is 11.7. The number of carbonyl (C=O) groups is 1. The van der Waals surface area contributed by atoms with E-state index in [0.29, 0.717) is 13.0 Å². The zero-order valence-corrected chi connectivity index (χ0v) is 13.3. The maximum atomic E-state index is 11.8. The molecule has 0 saturated carbocycles. The highest BCUT2D eigenvalue weighted by atomic mass is 32.2. The lowest BCUT2D eigenvalue weighted by molar-refractivity contribution is -0.120. The highest BCUT2D eigenvalue weighted by molar-refractivity contribution is 7.99. The molecule has 2 rings (SSSR count). The van der Waals surface area contributed by atoms with Crippen LogP contribution < -0.4 is 5.32 Å². The van der Waals surface area contributed by atoms with Crippen molar-refractivity contribution in [3.05, 3.63) is 45.9 Å². The van der Waals surface area contributed by atoms with Gasteiger partial charge >= 0.3 is 0 Å². The van der Waals surface area contributed by atoms with Crippen molar-refractivity contribution in [2.75, 3.05) is 5.75 Å². The molecule has 0 radical (unpaired) electrons. The number of rotatable bonds is 6. The van der Waals surface area contributed by atoms with Gasteiger partial charge in [0.25, 0.3) is 0 Å². The van der Waals surface area contributed by atoms with Gasteiger partial charge in [-0.25, -0.2) is 4.98 Å². The van der Waals surface area contributed by atoms with Crippen molar-refractivity contribution < 1.29 is 4.79 Å². The predicted molar refractivity (Wildman–Crippen MR) is 85.2 cm³/mol. The summed E-state index contributed by atoms with van der Waals surface area (Å²) in [6.07, 6.45) is 0.538. The number of hydrogen-bond acceptors (Lipinski definition) is 4. The van der Waals surface area contributed by atoms with E-state index in [9.17, 15) is 4.79 Å². The first kappa shape index (κ1) is 15.1. The van der Waals surface area contributed by atoms with Gasteiger partial charge in [-0.15, -0.1) is 23.1 Å². The molecule has 5 heteroatoms. The molecular weight excluding hydrogens is 288 g/mol. The first-order valence-corrected chi connectivity index (χ1v) is 8.33. The summed E-state index contributed by atoms with van der Waals surface area (Å²) in [5.74, 6) is 0.898. The minimum absolute atomic E-state index is 0.0962. The SMILES string of the molecule is Cc1nc(C)c(CNC(=O)CCSc2ccccc2)s1. The van der Waals surface area contributed by atoms with E-state index in [1.165, 1.54) is 4.90 Å². The highest BCUT2D eigenvalue weighted by Crippen LogP contribution is 2.18. The van der Waals surface area contributed by atoms with E-state index < -0.39 is 0 Å². The van der Waals surface area contributed by atoms with E-state index in [2.05, 4.69) is 22.4 Å². The summed E-state index contributed by atoms with van der Waals surface area (Å²) in [6, 6.07) is 10.1. The number of carbonyl (C=O) groups excluding carboxylic acids is 1. The molecule has 0 aliphatic carbocycles. The Kier molecular flexibility index (Phi) is 5.61. The van der Waals surface area contributed by atoms with Crippen molar-refractivity contribution in [3.8, 4) is 0 Å². The number of nitrogens with zero attached hydrogens (tertiary/aromatic N) is 1. The van der Waals surface area contributed by atoms with Crippen LogP contribution in [-0.4, -0.2) is 16.6 Å². The number of thioether (sulfide) groups is 1. The topological polar surface area (TPSA) is 42.0 Å². The Hall–Kier alpha value is -1.33. The smallest absolute Gasteiger partial charge is 0.221 e. The van der Waals surface area contributed by atoms with Crippen molar-refractivity contribution in [2.24, 2.45) is 0 Å². The van der Waals surface area contributed by atoms with Gasteiger partial charge in [-0.1, -0.05) is 18.2 Å². The molecule has 20 heavy (non-hydrogen) atoms. The second kappa shape index (κ2) is 7.45. The van der Waals surface area contributed by atoms with Crippen LogP contribution in [0.5, 0.6) is 0 Å². The first-order valence-electron chi connectivity index (χ1n) is 6.52. The van der Waals surface area contributed by atoms with Crippen LogP contribution >= 0.6 is 23.1 Å². The Morgan fingerprint density at radius 1 is 1.30 bits per heavy atom. The molecule has 1 N–H and O–H groups in total. The van der Waals surface area contributed by atoms with Crippen LogP contribution in [0.3, 0.4) is 0 Å². The maximum absolute atomic E-state index is 11.8. The highest BCUT2D eigenvalue weighted by Gasteiger charge is 2.07. The molecule has 0 saturated heterocycles. The average Bonchev–Trinajstić information content (AvgIpc) is 2.76. The lowest BCUT2D eigenvalue weighted by Crippen LogP contribution is -2.22. The summed E-state index contributed by atoms with van der Waals surface area (Å²) in [4.78, 5) is 18.5. The Labute approximate surface area is 127 Å². The van der Waals surface area contributed by atoms with Gasteiger partial charge in [-0.3, -0.25) is 4.79 Å². The van der Waals surface area contributed by atoms with Crippen molar-refractivity contribution >= 4 is 29.0 Å². The Balaban J connectivity index is 1.69. The normalized spacial score (nSPS) is 10.5. The van der Waals surface area contributed by atoms with Crippen molar-refractivity contribution in [1.82, 2.24) is 10.3 Å². The molecule has 0 spiro atoms. The molecule has 0 fully saturated rings. The molecule has 0 atom stereocenters. The zero-order chi connectivity index (χ0) is 14.4. The summed E-state index contributed by atoms with van der Waals surface area (Å²) in [6.45, 7) is 4.56. The fourth-order valence-corrected chi connectivity index (χ4v) is 3.53. The van der Waals surface area contributed by atoms with Gasteiger partial charge in [0.15, 0.2) is 0 Å². The van der Waals surface area contributed by atoms with Gasteiger partial charge in [0.1, 0.15) is 0 Å². The summed E-state index contributed by atoms with van der Waals surface area (Å²) in [7, 11) is 0. The van der Waals surface area contributed by atoms with Crippen LogP contribution in [0.15, 0.2) is 35.2 Å². The van der Waals surface area contributed by atoms with E-state index in [1.807, 2.05) is 32.0 Å². The summed E-state index contributed by atoms with van der Waals surface area (Å²) < 4.78 is 0. The number of amides is 1. The monoisotopic (exact) mass is 306 g/mol. The van der Waals surface area contributed by atoms with Crippen LogP contribution in [0.25, 0.3) is 0 Å².